The molecule has 5 nitrogen and oxygen atoms in total. The van der Waals surface area contributed by atoms with Crippen LogP contribution in [0.5, 0.6) is 0 Å². The van der Waals surface area contributed by atoms with E-state index in [0.717, 1.165) is 16.5 Å². The second kappa shape index (κ2) is 5.57. The van der Waals surface area contributed by atoms with Gasteiger partial charge in [0.15, 0.2) is 0 Å². The van der Waals surface area contributed by atoms with Crippen LogP contribution in [0, 0.1) is 0 Å². The summed E-state index contributed by atoms with van der Waals surface area (Å²) in [6.07, 6.45) is 1.79. The van der Waals surface area contributed by atoms with Crippen LogP contribution < -0.4 is 5.32 Å². The monoisotopic (exact) mass is 291 g/mol. The van der Waals surface area contributed by atoms with Gasteiger partial charge in [0.25, 0.3) is 0 Å². The molecular weight excluding hydrogens is 274 g/mol. The fourth-order valence-corrected chi connectivity index (χ4v) is 3.32. The molecule has 3 atom stereocenters. The zero-order chi connectivity index (χ0) is 14.1. The van der Waals surface area contributed by atoms with Crippen LogP contribution in [0.3, 0.4) is 0 Å². The number of aromatic nitrogens is 1. The molecule has 6 heteroatoms. The Morgan fingerprint density at radius 3 is 3.00 bits per heavy atom. The van der Waals surface area contributed by atoms with Crippen molar-refractivity contribution in [1.82, 2.24) is 14.6 Å². The lowest BCUT2D eigenvalue weighted by molar-refractivity contribution is 0.232. The van der Waals surface area contributed by atoms with E-state index in [1.807, 2.05) is 37.3 Å². The van der Waals surface area contributed by atoms with Crippen molar-refractivity contribution in [2.45, 2.75) is 19.0 Å². The van der Waals surface area contributed by atoms with Crippen LogP contribution in [-0.4, -0.2) is 37.2 Å². The summed E-state index contributed by atoms with van der Waals surface area (Å²) >= 11 is -1.94. The van der Waals surface area contributed by atoms with Gasteiger partial charge in [0.05, 0.1) is 11.7 Å². The van der Waals surface area contributed by atoms with Gasteiger partial charge in [-0.25, -0.2) is 4.21 Å². The average Bonchev–Trinajstić information content (AvgIpc) is 2.47. The molecule has 0 radical (unpaired) electrons. The number of rotatable bonds is 2. The highest BCUT2D eigenvalue weighted by Crippen LogP contribution is 2.25. The zero-order valence-electron chi connectivity index (χ0n) is 11.2. The highest BCUT2D eigenvalue weighted by Gasteiger charge is 2.30. The summed E-state index contributed by atoms with van der Waals surface area (Å²) in [7, 11) is 0. The number of nitrogens with one attached hydrogen (secondary N) is 1. The molecule has 0 bridgehead atoms. The lowest BCUT2D eigenvalue weighted by Gasteiger charge is -2.35. The normalized spacial score (nSPS) is 25.7. The van der Waals surface area contributed by atoms with Gasteiger partial charge < -0.3 is 5.32 Å². The molecule has 0 spiro atoms. The van der Waals surface area contributed by atoms with Crippen molar-refractivity contribution in [3.8, 4) is 0 Å². The van der Waals surface area contributed by atoms with Crippen molar-refractivity contribution in [1.29, 1.82) is 0 Å². The van der Waals surface area contributed by atoms with E-state index in [1.165, 1.54) is 0 Å². The van der Waals surface area contributed by atoms with Crippen molar-refractivity contribution in [3.63, 3.8) is 0 Å². The van der Waals surface area contributed by atoms with Gasteiger partial charge in [-0.1, -0.05) is 24.3 Å². The maximum Gasteiger partial charge on any atom is 0.234 e. The van der Waals surface area contributed by atoms with Gasteiger partial charge in [0.2, 0.25) is 11.3 Å². The Kier molecular flexibility index (Phi) is 3.80. The fraction of sp³-hybridized carbons (Fsp3) is 0.357. The molecule has 1 fully saturated rings. The van der Waals surface area contributed by atoms with Crippen molar-refractivity contribution >= 4 is 22.0 Å². The topological polar surface area (TPSA) is 65.5 Å². The second-order valence-corrected chi connectivity index (χ2v) is 5.99. The Hall–Kier alpha value is -1.34. The Morgan fingerprint density at radius 1 is 1.40 bits per heavy atom. The van der Waals surface area contributed by atoms with Crippen LogP contribution in [0.4, 0.5) is 0 Å². The number of benzene rings is 1. The van der Waals surface area contributed by atoms with Crippen molar-refractivity contribution in [3.05, 3.63) is 42.2 Å². The second-order valence-electron chi connectivity index (χ2n) is 5.06. The number of piperazine rings is 1. The largest absolute Gasteiger partial charge is 0.306 e. The molecule has 3 rings (SSSR count). The molecule has 2 aromatic rings. The molecule has 0 saturated carbocycles. The summed E-state index contributed by atoms with van der Waals surface area (Å²) < 4.78 is 22.4. The van der Waals surface area contributed by atoms with Gasteiger partial charge in [0, 0.05) is 30.7 Å². The first kappa shape index (κ1) is 13.6. The molecule has 1 saturated heterocycles. The van der Waals surface area contributed by atoms with E-state index in [0.29, 0.717) is 13.1 Å². The summed E-state index contributed by atoms with van der Waals surface area (Å²) in [4.78, 5) is 4.48. The first-order valence-corrected chi connectivity index (χ1v) is 7.68. The maximum absolute atomic E-state index is 11.4. The minimum atomic E-state index is -1.94. The predicted molar refractivity (Wildman–Crippen MR) is 79.4 cm³/mol. The summed E-state index contributed by atoms with van der Waals surface area (Å²) in [6.45, 7) is 3.08. The molecule has 1 aromatic heterocycles. The summed E-state index contributed by atoms with van der Waals surface area (Å²) in [6, 6.07) is 10.1. The summed E-state index contributed by atoms with van der Waals surface area (Å²) in [5, 5.41) is 5.63. The number of fused-ring (bicyclic) bond motifs is 1. The third-order valence-electron chi connectivity index (χ3n) is 3.75. The van der Waals surface area contributed by atoms with Gasteiger partial charge in [0.1, 0.15) is 0 Å². The van der Waals surface area contributed by atoms with E-state index in [9.17, 15) is 8.76 Å². The zero-order valence-corrected chi connectivity index (χ0v) is 12.0. The van der Waals surface area contributed by atoms with Gasteiger partial charge >= 0.3 is 0 Å². The Balaban J connectivity index is 1.97. The Bertz CT molecular complexity index is 644. The van der Waals surface area contributed by atoms with E-state index in [4.69, 9.17) is 0 Å². The van der Waals surface area contributed by atoms with Crippen molar-refractivity contribution in [2.24, 2.45) is 0 Å². The fourth-order valence-electron chi connectivity index (χ4n) is 2.66. The molecule has 0 aliphatic carbocycles. The smallest absolute Gasteiger partial charge is 0.234 e. The van der Waals surface area contributed by atoms with E-state index in [-0.39, 0.29) is 12.1 Å². The van der Waals surface area contributed by atoms with E-state index < -0.39 is 11.3 Å². The molecule has 20 heavy (non-hydrogen) atoms. The van der Waals surface area contributed by atoms with Gasteiger partial charge in [-0.2, -0.15) is 4.31 Å². The maximum atomic E-state index is 11.4. The van der Waals surface area contributed by atoms with Crippen molar-refractivity contribution < 1.29 is 8.76 Å². The van der Waals surface area contributed by atoms with Gasteiger partial charge in [-0.15, -0.1) is 0 Å². The molecule has 1 aliphatic heterocycles. The lowest BCUT2D eigenvalue weighted by atomic mass is 10.0. The molecule has 1 aliphatic rings. The number of pyridine rings is 1. The number of hydrogen-bond acceptors (Lipinski definition) is 3. The van der Waals surface area contributed by atoms with Crippen molar-refractivity contribution in [2.75, 3.05) is 13.1 Å². The summed E-state index contributed by atoms with van der Waals surface area (Å²) in [5.74, 6) is 0. The van der Waals surface area contributed by atoms with E-state index in [1.54, 1.807) is 10.5 Å². The molecule has 2 N–H and O–H groups in total. The van der Waals surface area contributed by atoms with Crippen LogP contribution in [0.1, 0.15) is 18.7 Å². The minimum absolute atomic E-state index is 0.0339. The predicted octanol–water partition coefficient (Wildman–Crippen LogP) is 1.71. The molecule has 2 heterocycles. The highest BCUT2D eigenvalue weighted by molar-refractivity contribution is 7.76. The molecular formula is C14H17N3O2S. The van der Waals surface area contributed by atoms with Gasteiger partial charge in [-0.3, -0.25) is 9.54 Å². The first-order valence-electron chi connectivity index (χ1n) is 6.61. The number of nitrogens with zero attached hydrogens (tertiary/aromatic N) is 2. The van der Waals surface area contributed by atoms with Crippen LogP contribution in [0.2, 0.25) is 0 Å². The molecule has 1 unspecified atom stereocenters. The van der Waals surface area contributed by atoms with E-state index >= 15 is 0 Å². The Morgan fingerprint density at radius 2 is 2.20 bits per heavy atom. The van der Waals surface area contributed by atoms with Crippen LogP contribution >= 0.6 is 0 Å². The molecule has 1 aromatic carbocycles. The standard InChI is InChI=1S/C14H17N3O2S/c1-10-8-16-13(9-17(10)20(18)19)14-12-5-3-2-4-11(12)6-7-15-14/h2-7,10,13,16H,8-9H2,1H3,(H,18,19)/t10-,13+/m1/s1. The third kappa shape index (κ3) is 2.47. The average molecular weight is 291 g/mol. The van der Waals surface area contributed by atoms with E-state index in [2.05, 4.69) is 10.3 Å². The highest BCUT2D eigenvalue weighted by atomic mass is 32.2. The van der Waals surface area contributed by atoms with Crippen LogP contribution in [-0.2, 0) is 11.3 Å². The summed E-state index contributed by atoms with van der Waals surface area (Å²) in [5.41, 5.74) is 0.936. The molecule has 106 valence electrons. The minimum Gasteiger partial charge on any atom is -0.306 e. The first-order chi connectivity index (χ1) is 9.66. The molecule has 0 amide bonds. The van der Waals surface area contributed by atoms with Crippen LogP contribution in [0.15, 0.2) is 36.5 Å². The quantitative estimate of drug-likeness (QED) is 0.827. The number of hydrogen-bond donors (Lipinski definition) is 2. The SMILES string of the molecule is C[C@@H]1CN[C@H](c2nccc3ccccc23)CN1S(=O)O. The lowest BCUT2D eigenvalue weighted by Crippen LogP contribution is -2.51. The van der Waals surface area contributed by atoms with Crippen LogP contribution in [0.25, 0.3) is 10.8 Å². The third-order valence-corrected chi connectivity index (χ3v) is 4.66. The van der Waals surface area contributed by atoms with Gasteiger partial charge in [-0.05, 0) is 18.4 Å². The Labute approximate surface area is 120 Å².